The van der Waals surface area contributed by atoms with E-state index in [2.05, 4.69) is 13.5 Å². The molecule has 2 N–H and O–H groups in total. The Labute approximate surface area is 111 Å². The van der Waals surface area contributed by atoms with E-state index < -0.39 is 0 Å². The Bertz CT molecular complexity index is 280. The van der Waals surface area contributed by atoms with Gasteiger partial charge in [-0.3, -0.25) is 4.79 Å². The van der Waals surface area contributed by atoms with Crippen molar-refractivity contribution in [1.29, 1.82) is 0 Å². The summed E-state index contributed by atoms with van der Waals surface area (Å²) >= 11 is 0. The Balaban J connectivity index is 2.58. The first kappa shape index (κ1) is 15.2. The number of rotatable bonds is 6. The molecule has 0 saturated heterocycles. The van der Waals surface area contributed by atoms with Crippen LogP contribution in [0.3, 0.4) is 0 Å². The lowest BCUT2D eigenvalue weighted by Crippen LogP contribution is -2.48. The summed E-state index contributed by atoms with van der Waals surface area (Å²) in [5.74, 6) is 0.990. The fraction of sp³-hybridized carbons (Fsp3) is 0.800. The molecule has 0 radical (unpaired) electrons. The lowest BCUT2D eigenvalue weighted by atomic mass is 9.70. The maximum absolute atomic E-state index is 12.6. The number of hydrogen-bond acceptors (Lipinski definition) is 2. The first-order valence-electron chi connectivity index (χ1n) is 7.12. The molecule has 18 heavy (non-hydrogen) atoms. The van der Waals surface area contributed by atoms with Crippen LogP contribution in [0.15, 0.2) is 12.7 Å². The van der Waals surface area contributed by atoms with Gasteiger partial charge in [0, 0.05) is 20.1 Å². The van der Waals surface area contributed by atoms with Gasteiger partial charge in [-0.1, -0.05) is 13.0 Å². The summed E-state index contributed by atoms with van der Waals surface area (Å²) in [5, 5.41) is 0. The number of nitrogens with zero attached hydrogens (tertiary/aromatic N) is 1. The summed E-state index contributed by atoms with van der Waals surface area (Å²) in [5.41, 5.74) is 5.63. The van der Waals surface area contributed by atoms with E-state index in [1.807, 2.05) is 18.0 Å². The molecule has 1 amide bonds. The van der Waals surface area contributed by atoms with Crippen molar-refractivity contribution in [2.75, 3.05) is 20.1 Å². The molecule has 0 bridgehead atoms. The fourth-order valence-corrected chi connectivity index (χ4v) is 2.80. The van der Waals surface area contributed by atoms with E-state index in [4.69, 9.17) is 5.73 Å². The van der Waals surface area contributed by atoms with Gasteiger partial charge in [0.1, 0.15) is 0 Å². The second-order valence-electron chi connectivity index (χ2n) is 5.82. The van der Waals surface area contributed by atoms with Gasteiger partial charge in [0.2, 0.25) is 5.91 Å². The van der Waals surface area contributed by atoms with Gasteiger partial charge in [-0.25, -0.2) is 0 Å². The van der Waals surface area contributed by atoms with Crippen LogP contribution in [0.2, 0.25) is 0 Å². The van der Waals surface area contributed by atoms with Crippen LogP contribution >= 0.6 is 0 Å². The number of hydrogen-bond donors (Lipinski definition) is 1. The highest BCUT2D eigenvalue weighted by molar-refractivity contribution is 5.82. The third-order valence-electron chi connectivity index (χ3n) is 4.32. The third-order valence-corrected chi connectivity index (χ3v) is 4.32. The van der Waals surface area contributed by atoms with E-state index in [9.17, 15) is 4.79 Å². The lowest BCUT2D eigenvalue weighted by molar-refractivity contribution is -0.142. The second kappa shape index (κ2) is 6.93. The second-order valence-corrected chi connectivity index (χ2v) is 5.82. The summed E-state index contributed by atoms with van der Waals surface area (Å²) in [6.07, 6.45) is 8.02. The fourth-order valence-electron chi connectivity index (χ4n) is 2.80. The Morgan fingerprint density at radius 2 is 2.11 bits per heavy atom. The molecule has 1 aliphatic rings. The smallest absolute Gasteiger partial charge is 0.229 e. The highest BCUT2D eigenvalue weighted by Gasteiger charge is 2.41. The van der Waals surface area contributed by atoms with Crippen LogP contribution in [0.4, 0.5) is 0 Å². The van der Waals surface area contributed by atoms with E-state index in [1.165, 1.54) is 0 Å². The molecule has 0 unspecified atom stereocenters. The quantitative estimate of drug-likeness (QED) is 0.583. The van der Waals surface area contributed by atoms with Crippen LogP contribution in [0.1, 0.15) is 45.4 Å². The Morgan fingerprint density at radius 3 is 2.61 bits per heavy atom. The molecule has 1 aliphatic carbocycles. The molecule has 0 aromatic carbocycles. The first-order chi connectivity index (χ1) is 8.55. The van der Waals surface area contributed by atoms with E-state index in [1.54, 1.807) is 0 Å². The van der Waals surface area contributed by atoms with Gasteiger partial charge < -0.3 is 10.6 Å². The van der Waals surface area contributed by atoms with Gasteiger partial charge in [0.25, 0.3) is 0 Å². The number of allylic oxidation sites excluding steroid dienone is 1. The van der Waals surface area contributed by atoms with Gasteiger partial charge >= 0.3 is 0 Å². The Kier molecular flexibility index (Phi) is 5.86. The zero-order valence-corrected chi connectivity index (χ0v) is 12.0. The van der Waals surface area contributed by atoms with Crippen molar-refractivity contribution in [3.05, 3.63) is 12.7 Å². The largest absolute Gasteiger partial charge is 0.345 e. The van der Waals surface area contributed by atoms with Crippen LogP contribution in [-0.2, 0) is 4.79 Å². The molecular weight excluding hydrogens is 224 g/mol. The van der Waals surface area contributed by atoms with Gasteiger partial charge in [-0.05, 0) is 44.4 Å². The summed E-state index contributed by atoms with van der Waals surface area (Å²) in [6, 6.07) is 0. The molecule has 3 nitrogen and oxygen atoms in total. The predicted octanol–water partition coefficient (Wildman–Crippen LogP) is 2.57. The Hall–Kier alpha value is -0.830. The minimum atomic E-state index is -0.282. The minimum absolute atomic E-state index is 0.251. The molecule has 1 saturated carbocycles. The van der Waals surface area contributed by atoms with Gasteiger partial charge in [-0.15, -0.1) is 6.58 Å². The van der Waals surface area contributed by atoms with Crippen LogP contribution in [0.25, 0.3) is 0 Å². The molecule has 1 fully saturated rings. The summed E-state index contributed by atoms with van der Waals surface area (Å²) in [7, 11) is 1.90. The highest BCUT2D eigenvalue weighted by atomic mass is 16.2. The van der Waals surface area contributed by atoms with Crippen molar-refractivity contribution in [3.8, 4) is 0 Å². The standard InChI is InChI=1S/C15H28N2O/c1-4-5-6-11-17(3)14(18)15(12-16)9-7-13(2)8-10-15/h4,13H,1,5-12,16H2,2-3H3. The van der Waals surface area contributed by atoms with Crippen molar-refractivity contribution >= 4 is 5.91 Å². The zero-order valence-electron chi connectivity index (χ0n) is 12.0. The maximum atomic E-state index is 12.6. The van der Waals surface area contributed by atoms with Gasteiger partial charge in [0.15, 0.2) is 0 Å². The van der Waals surface area contributed by atoms with Crippen LogP contribution in [-0.4, -0.2) is 30.9 Å². The Morgan fingerprint density at radius 1 is 1.50 bits per heavy atom. The van der Waals surface area contributed by atoms with Crippen molar-refractivity contribution in [1.82, 2.24) is 4.90 Å². The van der Waals surface area contributed by atoms with E-state index >= 15 is 0 Å². The number of carbonyl (C=O) groups excluding carboxylic acids is 1. The van der Waals surface area contributed by atoms with Crippen LogP contribution in [0.5, 0.6) is 0 Å². The minimum Gasteiger partial charge on any atom is -0.345 e. The molecule has 0 atom stereocenters. The lowest BCUT2D eigenvalue weighted by Gasteiger charge is -2.39. The average Bonchev–Trinajstić information content (AvgIpc) is 2.39. The van der Waals surface area contributed by atoms with E-state index in [0.717, 1.165) is 51.0 Å². The predicted molar refractivity (Wildman–Crippen MR) is 76.2 cm³/mol. The number of unbranched alkanes of at least 4 members (excludes halogenated alkanes) is 1. The molecule has 0 heterocycles. The topological polar surface area (TPSA) is 46.3 Å². The van der Waals surface area contributed by atoms with Crippen LogP contribution < -0.4 is 5.73 Å². The van der Waals surface area contributed by atoms with Crippen molar-refractivity contribution < 1.29 is 4.79 Å². The maximum Gasteiger partial charge on any atom is 0.229 e. The number of carbonyl (C=O) groups is 1. The van der Waals surface area contributed by atoms with Crippen molar-refractivity contribution in [3.63, 3.8) is 0 Å². The third kappa shape index (κ3) is 3.58. The highest BCUT2D eigenvalue weighted by Crippen LogP contribution is 2.39. The van der Waals surface area contributed by atoms with Gasteiger partial charge in [-0.2, -0.15) is 0 Å². The normalized spacial score (nSPS) is 27.8. The molecule has 1 rings (SSSR count). The summed E-state index contributed by atoms with van der Waals surface area (Å²) in [4.78, 5) is 14.4. The van der Waals surface area contributed by atoms with E-state index in [-0.39, 0.29) is 11.3 Å². The zero-order chi connectivity index (χ0) is 13.6. The first-order valence-corrected chi connectivity index (χ1v) is 7.12. The monoisotopic (exact) mass is 252 g/mol. The van der Waals surface area contributed by atoms with Crippen LogP contribution in [0, 0.1) is 11.3 Å². The summed E-state index contributed by atoms with van der Waals surface area (Å²) < 4.78 is 0. The molecule has 104 valence electrons. The van der Waals surface area contributed by atoms with E-state index in [0.29, 0.717) is 6.54 Å². The molecule has 0 spiro atoms. The number of nitrogens with two attached hydrogens (primary N) is 1. The molecular formula is C15H28N2O. The molecule has 3 heteroatoms. The summed E-state index contributed by atoms with van der Waals surface area (Å²) in [6.45, 7) is 7.27. The molecule has 0 aromatic heterocycles. The van der Waals surface area contributed by atoms with Gasteiger partial charge in [0.05, 0.1) is 5.41 Å². The van der Waals surface area contributed by atoms with Crippen molar-refractivity contribution in [2.24, 2.45) is 17.1 Å². The molecule has 0 aliphatic heterocycles. The number of amides is 1. The SMILES string of the molecule is C=CCCCN(C)C(=O)C1(CN)CCC(C)CC1. The average molecular weight is 252 g/mol. The molecule has 0 aromatic rings. The van der Waals surface area contributed by atoms with Crippen molar-refractivity contribution in [2.45, 2.75) is 45.4 Å².